The molecule has 6 heteroatoms. The van der Waals surface area contributed by atoms with E-state index in [1.807, 2.05) is 0 Å². The Morgan fingerprint density at radius 1 is 0.923 bits per heavy atom. The van der Waals surface area contributed by atoms with Crippen molar-refractivity contribution in [3.05, 3.63) is 33.5 Å². The number of methoxy groups -OCH3 is 3. The number of benzene rings is 1. The fourth-order valence-corrected chi connectivity index (χ4v) is 4.45. The first-order chi connectivity index (χ1) is 12.7. The number of anilines is 1. The highest BCUT2D eigenvalue weighted by Gasteiger charge is 2.18. The third-order valence-electron chi connectivity index (χ3n) is 4.64. The van der Waals surface area contributed by atoms with E-state index in [0.717, 1.165) is 17.7 Å². The van der Waals surface area contributed by atoms with Crippen LogP contribution in [0.4, 0.5) is 5.69 Å². The van der Waals surface area contributed by atoms with Crippen LogP contribution in [-0.4, -0.2) is 27.2 Å². The molecule has 1 heterocycles. The summed E-state index contributed by atoms with van der Waals surface area (Å²) in [5.74, 6) is 1.43. The van der Waals surface area contributed by atoms with Crippen LogP contribution in [0.2, 0.25) is 0 Å². The maximum Gasteiger partial charge on any atom is 0.265 e. The summed E-state index contributed by atoms with van der Waals surface area (Å²) in [5, 5.41) is 2.96. The second kappa shape index (κ2) is 8.45. The van der Waals surface area contributed by atoms with Crippen LogP contribution in [0.1, 0.15) is 45.8 Å². The lowest BCUT2D eigenvalue weighted by Crippen LogP contribution is -2.10. The molecule has 0 radical (unpaired) electrons. The van der Waals surface area contributed by atoms with Gasteiger partial charge in [0.1, 0.15) is 0 Å². The van der Waals surface area contributed by atoms with E-state index in [2.05, 4.69) is 11.4 Å². The van der Waals surface area contributed by atoms with Crippen LogP contribution in [0, 0.1) is 0 Å². The minimum atomic E-state index is -0.101. The van der Waals surface area contributed by atoms with Gasteiger partial charge in [0.25, 0.3) is 5.91 Å². The maximum atomic E-state index is 12.7. The Morgan fingerprint density at radius 3 is 2.19 bits per heavy atom. The smallest absolute Gasteiger partial charge is 0.265 e. The van der Waals surface area contributed by atoms with Crippen LogP contribution in [0.3, 0.4) is 0 Å². The lowest BCUT2D eigenvalue weighted by Gasteiger charge is -2.14. The van der Waals surface area contributed by atoms with E-state index in [1.165, 1.54) is 36.1 Å². The van der Waals surface area contributed by atoms with Gasteiger partial charge in [-0.05, 0) is 37.3 Å². The van der Waals surface area contributed by atoms with Crippen molar-refractivity contribution in [3.63, 3.8) is 0 Å². The summed E-state index contributed by atoms with van der Waals surface area (Å²) in [6, 6.07) is 5.53. The van der Waals surface area contributed by atoms with Crippen LogP contribution >= 0.6 is 11.3 Å². The van der Waals surface area contributed by atoms with Crippen molar-refractivity contribution in [1.82, 2.24) is 0 Å². The highest BCUT2D eigenvalue weighted by atomic mass is 32.1. The van der Waals surface area contributed by atoms with E-state index < -0.39 is 0 Å². The molecule has 0 bridgehead atoms. The molecule has 1 amide bonds. The van der Waals surface area contributed by atoms with Crippen LogP contribution in [0.5, 0.6) is 17.2 Å². The van der Waals surface area contributed by atoms with E-state index in [9.17, 15) is 4.79 Å². The molecule has 5 nitrogen and oxygen atoms in total. The minimum absolute atomic E-state index is 0.101. The second-order valence-electron chi connectivity index (χ2n) is 6.34. The number of rotatable bonds is 5. The van der Waals surface area contributed by atoms with Crippen LogP contribution in [0.25, 0.3) is 0 Å². The summed E-state index contributed by atoms with van der Waals surface area (Å²) in [6.45, 7) is 0. The van der Waals surface area contributed by atoms with Gasteiger partial charge in [-0.2, -0.15) is 0 Å². The highest BCUT2D eigenvalue weighted by Crippen LogP contribution is 2.40. The number of carbonyl (C=O) groups excluding carboxylic acids is 1. The van der Waals surface area contributed by atoms with E-state index in [0.29, 0.717) is 22.9 Å². The van der Waals surface area contributed by atoms with Crippen molar-refractivity contribution in [1.29, 1.82) is 0 Å². The molecule has 0 saturated heterocycles. The van der Waals surface area contributed by atoms with Gasteiger partial charge in [0.05, 0.1) is 26.2 Å². The third-order valence-corrected chi connectivity index (χ3v) is 5.88. The first kappa shape index (κ1) is 18.6. The van der Waals surface area contributed by atoms with Gasteiger partial charge in [-0.15, -0.1) is 11.3 Å². The average molecular weight is 375 g/mol. The zero-order valence-corrected chi connectivity index (χ0v) is 16.3. The largest absolute Gasteiger partial charge is 0.493 e. The Kier molecular flexibility index (Phi) is 6.04. The Labute approximate surface area is 158 Å². The predicted octanol–water partition coefficient (Wildman–Crippen LogP) is 4.69. The molecule has 1 aromatic carbocycles. The summed E-state index contributed by atoms with van der Waals surface area (Å²) in [4.78, 5) is 14.9. The number of thiophene rings is 1. The number of nitrogens with one attached hydrogen (secondary N) is 1. The average Bonchev–Trinajstić information content (AvgIpc) is 3.02. The molecule has 0 spiro atoms. The Hall–Kier alpha value is -2.21. The van der Waals surface area contributed by atoms with Crippen molar-refractivity contribution >= 4 is 22.9 Å². The van der Waals surface area contributed by atoms with Gasteiger partial charge in [0.2, 0.25) is 5.75 Å². The Morgan fingerprint density at radius 2 is 1.58 bits per heavy atom. The molecule has 1 aromatic heterocycles. The summed E-state index contributed by atoms with van der Waals surface area (Å²) < 4.78 is 16.0. The molecule has 0 unspecified atom stereocenters. The van der Waals surface area contributed by atoms with E-state index in [4.69, 9.17) is 14.2 Å². The molecule has 1 aliphatic rings. The van der Waals surface area contributed by atoms with Crippen molar-refractivity contribution < 1.29 is 19.0 Å². The van der Waals surface area contributed by atoms with Gasteiger partial charge in [-0.1, -0.05) is 12.8 Å². The van der Waals surface area contributed by atoms with Crippen molar-refractivity contribution in [3.8, 4) is 17.2 Å². The standard InChI is InChI=1S/C20H25NO4S/c1-23-15-11-14(12-16(24-2)19(15)25-3)21-20(22)18-10-13-8-6-4-5-7-9-17(13)26-18/h10-12H,4-9H2,1-3H3,(H,21,22). The quantitative estimate of drug-likeness (QED) is 0.824. The molecule has 2 aromatic rings. The maximum absolute atomic E-state index is 12.7. The van der Waals surface area contributed by atoms with Gasteiger partial charge in [-0.3, -0.25) is 4.79 Å². The summed E-state index contributed by atoms with van der Waals surface area (Å²) >= 11 is 1.61. The fourth-order valence-electron chi connectivity index (χ4n) is 3.30. The molecule has 26 heavy (non-hydrogen) atoms. The van der Waals surface area contributed by atoms with Crippen molar-refractivity contribution in [2.45, 2.75) is 38.5 Å². The highest BCUT2D eigenvalue weighted by molar-refractivity contribution is 7.14. The number of hydrogen-bond donors (Lipinski definition) is 1. The van der Waals surface area contributed by atoms with Crippen LogP contribution in [0.15, 0.2) is 18.2 Å². The topological polar surface area (TPSA) is 56.8 Å². The normalized spacial score (nSPS) is 14.0. The van der Waals surface area contributed by atoms with Gasteiger partial charge >= 0.3 is 0 Å². The van der Waals surface area contributed by atoms with Gasteiger partial charge in [0, 0.05) is 22.7 Å². The molecule has 140 valence electrons. The van der Waals surface area contributed by atoms with Crippen molar-refractivity contribution in [2.75, 3.05) is 26.6 Å². The molecule has 1 aliphatic carbocycles. The fraction of sp³-hybridized carbons (Fsp3) is 0.450. The molecule has 1 N–H and O–H groups in total. The van der Waals surface area contributed by atoms with E-state index >= 15 is 0 Å². The number of amides is 1. The number of carbonyl (C=O) groups is 1. The van der Waals surface area contributed by atoms with Gasteiger partial charge in [0.15, 0.2) is 11.5 Å². The molecule has 0 aliphatic heterocycles. The number of hydrogen-bond acceptors (Lipinski definition) is 5. The number of fused-ring (bicyclic) bond motifs is 1. The monoisotopic (exact) mass is 375 g/mol. The number of ether oxygens (including phenoxy) is 3. The summed E-state index contributed by atoms with van der Waals surface area (Å²) in [7, 11) is 4.67. The second-order valence-corrected chi connectivity index (χ2v) is 7.48. The molecular weight excluding hydrogens is 350 g/mol. The Balaban J connectivity index is 1.83. The molecule has 0 atom stereocenters. The SMILES string of the molecule is COc1cc(NC(=O)c2cc3c(s2)CCCCCC3)cc(OC)c1OC. The van der Waals surface area contributed by atoms with Gasteiger partial charge < -0.3 is 19.5 Å². The molecular formula is C20H25NO4S. The Bertz CT molecular complexity index is 734. The predicted molar refractivity (Wildman–Crippen MR) is 104 cm³/mol. The summed E-state index contributed by atoms with van der Waals surface area (Å²) in [6.07, 6.45) is 7.13. The third kappa shape index (κ3) is 3.96. The lowest BCUT2D eigenvalue weighted by molar-refractivity contribution is 0.103. The minimum Gasteiger partial charge on any atom is -0.493 e. The summed E-state index contributed by atoms with van der Waals surface area (Å²) in [5.41, 5.74) is 1.95. The first-order valence-electron chi connectivity index (χ1n) is 8.89. The molecule has 0 fully saturated rings. The number of aryl methyl sites for hydroxylation is 2. The van der Waals surface area contributed by atoms with Crippen LogP contribution in [-0.2, 0) is 12.8 Å². The van der Waals surface area contributed by atoms with Gasteiger partial charge in [-0.25, -0.2) is 0 Å². The lowest BCUT2D eigenvalue weighted by atomic mass is 10.00. The zero-order valence-electron chi connectivity index (χ0n) is 15.5. The zero-order chi connectivity index (χ0) is 18.5. The van der Waals surface area contributed by atoms with Crippen LogP contribution < -0.4 is 19.5 Å². The van der Waals surface area contributed by atoms with E-state index in [1.54, 1.807) is 44.8 Å². The first-order valence-corrected chi connectivity index (χ1v) is 9.71. The molecule has 0 saturated carbocycles. The van der Waals surface area contributed by atoms with E-state index in [-0.39, 0.29) is 5.91 Å². The van der Waals surface area contributed by atoms with Crippen molar-refractivity contribution in [2.24, 2.45) is 0 Å². The molecule has 3 rings (SSSR count).